The summed E-state index contributed by atoms with van der Waals surface area (Å²) in [6, 6.07) is 1.88. The first-order valence-electron chi connectivity index (χ1n) is 4.36. The molecule has 0 saturated heterocycles. The molecule has 1 rings (SSSR count). The Morgan fingerprint density at radius 3 is 3.00 bits per heavy atom. The number of allylic oxidation sites excluding steroid dienone is 1. The Kier molecular flexibility index (Phi) is 3.38. The third kappa shape index (κ3) is 2.51. The van der Waals surface area contributed by atoms with E-state index in [1.807, 2.05) is 13.0 Å². The van der Waals surface area contributed by atoms with Crippen LogP contribution in [0.3, 0.4) is 0 Å². The quantitative estimate of drug-likeness (QED) is 0.519. The van der Waals surface area contributed by atoms with Crippen LogP contribution in [0.15, 0.2) is 31.1 Å². The van der Waals surface area contributed by atoms with Crippen LogP contribution in [0.4, 0.5) is 0 Å². The maximum absolute atomic E-state index is 11.3. The lowest BCUT2D eigenvalue weighted by atomic mass is 10.1. The van der Waals surface area contributed by atoms with E-state index < -0.39 is 0 Å². The van der Waals surface area contributed by atoms with Gasteiger partial charge in [0.2, 0.25) is 0 Å². The second kappa shape index (κ2) is 4.55. The van der Waals surface area contributed by atoms with Gasteiger partial charge in [-0.1, -0.05) is 13.0 Å². The van der Waals surface area contributed by atoms with E-state index in [1.54, 1.807) is 18.5 Å². The molecular formula is C11H13NO. The van der Waals surface area contributed by atoms with E-state index in [4.69, 9.17) is 0 Å². The second-order valence-corrected chi connectivity index (χ2v) is 2.85. The number of hydrogen-bond donors (Lipinski definition) is 0. The summed E-state index contributed by atoms with van der Waals surface area (Å²) in [5, 5.41) is 0. The van der Waals surface area contributed by atoms with Crippen molar-refractivity contribution in [2.24, 2.45) is 0 Å². The highest BCUT2D eigenvalue weighted by atomic mass is 16.1. The van der Waals surface area contributed by atoms with E-state index in [0.29, 0.717) is 12.0 Å². The minimum absolute atomic E-state index is 0.137. The molecule has 0 amide bonds. The van der Waals surface area contributed by atoms with Gasteiger partial charge in [-0.3, -0.25) is 9.78 Å². The first-order chi connectivity index (χ1) is 6.27. The average molecular weight is 175 g/mol. The molecule has 0 aliphatic rings. The van der Waals surface area contributed by atoms with Crippen LogP contribution in [-0.4, -0.2) is 10.8 Å². The lowest BCUT2D eigenvalue weighted by Crippen LogP contribution is -1.98. The number of pyridine rings is 1. The predicted octanol–water partition coefficient (Wildman–Crippen LogP) is 2.40. The number of carbonyl (C=O) groups is 1. The molecule has 0 fully saturated rings. The number of nitrogens with zero attached hydrogens (tertiary/aromatic N) is 1. The fourth-order valence-corrected chi connectivity index (χ4v) is 1.12. The van der Waals surface area contributed by atoms with Gasteiger partial charge in [-0.05, 0) is 18.1 Å². The lowest BCUT2D eigenvalue weighted by molar-refractivity contribution is 0.0987. The number of Topliss-reactive ketones (excluding diaryl/α,β-unsaturated/α-hetero) is 1. The van der Waals surface area contributed by atoms with E-state index >= 15 is 0 Å². The Morgan fingerprint density at radius 2 is 2.38 bits per heavy atom. The topological polar surface area (TPSA) is 30.0 Å². The van der Waals surface area contributed by atoms with E-state index in [-0.39, 0.29) is 5.78 Å². The number of ketones is 1. The number of aromatic nitrogens is 1. The van der Waals surface area contributed by atoms with Crippen LogP contribution < -0.4 is 0 Å². The minimum atomic E-state index is 0.137. The standard InChI is InChI=1S/C11H13NO/c1-3-5-9-6-10(8-12-7-9)11(13)4-2/h3,6-8H,1,4-5H2,2H3. The van der Waals surface area contributed by atoms with Crippen LogP contribution in [0.2, 0.25) is 0 Å². The van der Waals surface area contributed by atoms with Crippen molar-refractivity contribution < 1.29 is 4.79 Å². The van der Waals surface area contributed by atoms with Gasteiger partial charge in [0.05, 0.1) is 0 Å². The molecule has 68 valence electrons. The molecule has 0 aromatic carbocycles. The van der Waals surface area contributed by atoms with Crippen LogP contribution in [0.25, 0.3) is 0 Å². The van der Waals surface area contributed by atoms with Gasteiger partial charge < -0.3 is 0 Å². The van der Waals surface area contributed by atoms with E-state index in [0.717, 1.165) is 12.0 Å². The molecule has 1 aromatic heterocycles. The van der Waals surface area contributed by atoms with Crippen LogP contribution >= 0.6 is 0 Å². The summed E-state index contributed by atoms with van der Waals surface area (Å²) in [4.78, 5) is 15.3. The molecule has 0 aliphatic carbocycles. The molecule has 0 spiro atoms. The summed E-state index contributed by atoms with van der Waals surface area (Å²) in [6.45, 7) is 5.49. The molecule has 0 N–H and O–H groups in total. The summed E-state index contributed by atoms with van der Waals surface area (Å²) < 4.78 is 0. The second-order valence-electron chi connectivity index (χ2n) is 2.85. The van der Waals surface area contributed by atoms with E-state index in [9.17, 15) is 4.79 Å². The van der Waals surface area contributed by atoms with Crippen molar-refractivity contribution in [3.05, 3.63) is 42.2 Å². The van der Waals surface area contributed by atoms with E-state index in [2.05, 4.69) is 11.6 Å². The zero-order valence-electron chi connectivity index (χ0n) is 7.79. The highest BCUT2D eigenvalue weighted by Gasteiger charge is 2.03. The Bertz CT molecular complexity index is 318. The summed E-state index contributed by atoms with van der Waals surface area (Å²) >= 11 is 0. The molecule has 0 radical (unpaired) electrons. The van der Waals surface area contributed by atoms with Crippen molar-refractivity contribution in [2.75, 3.05) is 0 Å². The van der Waals surface area contributed by atoms with Gasteiger partial charge in [-0.2, -0.15) is 0 Å². The molecule has 0 saturated carbocycles. The van der Waals surface area contributed by atoms with Crippen molar-refractivity contribution in [3.63, 3.8) is 0 Å². The molecule has 0 bridgehead atoms. The zero-order chi connectivity index (χ0) is 9.68. The highest BCUT2D eigenvalue weighted by molar-refractivity contribution is 5.95. The molecule has 1 aromatic rings. The van der Waals surface area contributed by atoms with E-state index in [1.165, 1.54) is 0 Å². The van der Waals surface area contributed by atoms with Gasteiger partial charge in [-0.15, -0.1) is 6.58 Å². The summed E-state index contributed by atoms with van der Waals surface area (Å²) in [5.41, 5.74) is 1.73. The monoisotopic (exact) mass is 175 g/mol. The molecule has 0 unspecified atom stereocenters. The van der Waals surface area contributed by atoms with Gasteiger partial charge in [0.25, 0.3) is 0 Å². The number of hydrogen-bond acceptors (Lipinski definition) is 2. The molecule has 2 nitrogen and oxygen atoms in total. The largest absolute Gasteiger partial charge is 0.294 e. The molecular weight excluding hydrogens is 162 g/mol. The van der Waals surface area contributed by atoms with Crippen LogP contribution in [-0.2, 0) is 6.42 Å². The molecule has 0 atom stereocenters. The average Bonchev–Trinajstić information content (AvgIpc) is 2.18. The van der Waals surface area contributed by atoms with Crippen molar-refractivity contribution in [1.82, 2.24) is 4.98 Å². The smallest absolute Gasteiger partial charge is 0.164 e. The van der Waals surface area contributed by atoms with Crippen LogP contribution in [0.1, 0.15) is 29.3 Å². The highest BCUT2D eigenvalue weighted by Crippen LogP contribution is 2.06. The Hall–Kier alpha value is -1.44. The molecule has 1 heterocycles. The van der Waals surface area contributed by atoms with Crippen molar-refractivity contribution in [3.8, 4) is 0 Å². The lowest BCUT2D eigenvalue weighted by Gasteiger charge is -1.99. The van der Waals surface area contributed by atoms with Gasteiger partial charge in [0.15, 0.2) is 5.78 Å². The third-order valence-electron chi connectivity index (χ3n) is 1.82. The Morgan fingerprint density at radius 1 is 1.62 bits per heavy atom. The number of carbonyl (C=O) groups excluding carboxylic acids is 1. The van der Waals surface area contributed by atoms with Gasteiger partial charge >= 0.3 is 0 Å². The SMILES string of the molecule is C=CCc1cncc(C(=O)CC)c1. The first kappa shape index (κ1) is 9.65. The first-order valence-corrected chi connectivity index (χ1v) is 4.36. The molecule has 0 aliphatic heterocycles. The van der Waals surface area contributed by atoms with Gasteiger partial charge in [-0.25, -0.2) is 0 Å². The normalized spacial score (nSPS) is 9.62. The minimum Gasteiger partial charge on any atom is -0.294 e. The zero-order valence-corrected chi connectivity index (χ0v) is 7.79. The fourth-order valence-electron chi connectivity index (χ4n) is 1.12. The predicted molar refractivity (Wildman–Crippen MR) is 52.8 cm³/mol. The van der Waals surface area contributed by atoms with Crippen LogP contribution in [0.5, 0.6) is 0 Å². The van der Waals surface area contributed by atoms with Crippen molar-refractivity contribution in [2.45, 2.75) is 19.8 Å². The molecule has 2 heteroatoms. The number of rotatable bonds is 4. The summed E-state index contributed by atoms with van der Waals surface area (Å²) in [6.07, 6.45) is 6.46. The third-order valence-corrected chi connectivity index (χ3v) is 1.82. The fraction of sp³-hybridized carbons (Fsp3) is 0.273. The Labute approximate surface area is 78.3 Å². The molecule has 13 heavy (non-hydrogen) atoms. The maximum atomic E-state index is 11.3. The Balaban J connectivity index is 2.90. The van der Waals surface area contributed by atoms with Crippen molar-refractivity contribution >= 4 is 5.78 Å². The van der Waals surface area contributed by atoms with Gasteiger partial charge in [0, 0.05) is 24.4 Å². The summed E-state index contributed by atoms with van der Waals surface area (Å²) in [7, 11) is 0. The van der Waals surface area contributed by atoms with Gasteiger partial charge in [0.1, 0.15) is 0 Å². The summed E-state index contributed by atoms with van der Waals surface area (Å²) in [5.74, 6) is 0.137. The maximum Gasteiger partial charge on any atom is 0.164 e. The van der Waals surface area contributed by atoms with Crippen molar-refractivity contribution in [1.29, 1.82) is 0 Å². The van der Waals surface area contributed by atoms with Crippen LogP contribution in [0, 0.1) is 0 Å².